The van der Waals surface area contributed by atoms with E-state index in [1.54, 1.807) is 0 Å². The zero-order valence-corrected chi connectivity index (χ0v) is 20.8. The van der Waals surface area contributed by atoms with E-state index in [0.717, 1.165) is 68.2 Å². The average Bonchev–Trinajstić information content (AvgIpc) is 3.26. The van der Waals surface area contributed by atoms with Crippen molar-refractivity contribution in [1.82, 2.24) is 24.3 Å². The van der Waals surface area contributed by atoms with Crippen molar-refractivity contribution in [3.63, 3.8) is 0 Å². The van der Waals surface area contributed by atoms with Crippen LogP contribution in [0.3, 0.4) is 0 Å². The molecular formula is C29H36N6O. The van der Waals surface area contributed by atoms with Crippen molar-refractivity contribution >= 4 is 17.0 Å². The van der Waals surface area contributed by atoms with Gasteiger partial charge in [-0.2, -0.15) is 0 Å². The number of hydrogen-bond acceptors (Lipinski definition) is 6. The first-order valence-corrected chi connectivity index (χ1v) is 13.0. The molecule has 1 saturated heterocycles. The van der Waals surface area contributed by atoms with Gasteiger partial charge in [0, 0.05) is 51.5 Å². The molecule has 0 bridgehead atoms. The van der Waals surface area contributed by atoms with Crippen LogP contribution in [-0.4, -0.2) is 74.8 Å². The average molecular weight is 485 g/mol. The second-order valence-electron chi connectivity index (χ2n) is 9.58. The molecule has 36 heavy (non-hydrogen) atoms. The summed E-state index contributed by atoms with van der Waals surface area (Å²) in [5.74, 6) is 0.928. The van der Waals surface area contributed by atoms with Crippen LogP contribution in [0.2, 0.25) is 0 Å². The fourth-order valence-electron chi connectivity index (χ4n) is 5.02. The number of imidazole rings is 1. The molecule has 1 aliphatic heterocycles. The van der Waals surface area contributed by atoms with E-state index in [1.165, 1.54) is 5.56 Å². The minimum atomic E-state index is 0.193. The Kier molecular flexibility index (Phi) is 8.23. The molecule has 3 heterocycles. The van der Waals surface area contributed by atoms with Gasteiger partial charge < -0.3 is 19.9 Å². The third kappa shape index (κ3) is 6.29. The van der Waals surface area contributed by atoms with Gasteiger partial charge in [-0.25, -0.2) is 4.98 Å². The van der Waals surface area contributed by atoms with E-state index >= 15 is 0 Å². The van der Waals surface area contributed by atoms with E-state index < -0.39 is 0 Å². The molecule has 0 aliphatic carbocycles. The van der Waals surface area contributed by atoms with Crippen molar-refractivity contribution < 1.29 is 5.11 Å². The van der Waals surface area contributed by atoms with E-state index in [-0.39, 0.29) is 6.61 Å². The van der Waals surface area contributed by atoms with Crippen LogP contribution in [0.1, 0.15) is 24.1 Å². The number of benzene rings is 2. The summed E-state index contributed by atoms with van der Waals surface area (Å²) in [4.78, 5) is 14.3. The first-order chi connectivity index (χ1) is 17.8. The number of para-hydroxylation sites is 2. The van der Waals surface area contributed by atoms with Crippen molar-refractivity contribution in [2.24, 2.45) is 0 Å². The van der Waals surface area contributed by atoms with Crippen LogP contribution >= 0.6 is 0 Å². The molecule has 188 valence electrons. The fraction of sp³-hybridized carbons (Fsp3) is 0.379. The van der Waals surface area contributed by atoms with E-state index in [4.69, 9.17) is 4.98 Å². The number of aliphatic hydroxyl groups is 1. The topological polar surface area (TPSA) is 69.5 Å². The van der Waals surface area contributed by atoms with Crippen LogP contribution in [0.25, 0.3) is 11.0 Å². The number of anilines is 1. The predicted molar refractivity (Wildman–Crippen MR) is 145 cm³/mol. The molecule has 2 aromatic carbocycles. The number of nitrogens with zero attached hydrogens (tertiary/aromatic N) is 5. The number of pyridine rings is 1. The van der Waals surface area contributed by atoms with E-state index in [9.17, 15) is 5.11 Å². The van der Waals surface area contributed by atoms with Gasteiger partial charge in [-0.3, -0.25) is 9.88 Å². The summed E-state index contributed by atoms with van der Waals surface area (Å²) >= 11 is 0. The van der Waals surface area contributed by atoms with Crippen molar-refractivity contribution in [3.05, 3.63) is 90.3 Å². The van der Waals surface area contributed by atoms with E-state index in [0.29, 0.717) is 19.1 Å². The highest BCUT2D eigenvalue weighted by molar-refractivity contribution is 5.78. The van der Waals surface area contributed by atoms with Gasteiger partial charge in [-0.05, 0) is 42.7 Å². The Morgan fingerprint density at radius 1 is 0.917 bits per heavy atom. The molecule has 0 spiro atoms. The van der Waals surface area contributed by atoms with Crippen LogP contribution in [0, 0.1) is 0 Å². The fourth-order valence-corrected chi connectivity index (χ4v) is 5.02. The third-order valence-electron chi connectivity index (χ3n) is 7.02. The first kappa shape index (κ1) is 24.4. The third-order valence-corrected chi connectivity index (χ3v) is 7.02. The van der Waals surface area contributed by atoms with Gasteiger partial charge in [0.2, 0.25) is 5.95 Å². The number of aliphatic hydroxyl groups excluding tert-OH is 1. The quantitative estimate of drug-likeness (QED) is 0.337. The molecule has 5 rings (SSSR count). The van der Waals surface area contributed by atoms with Crippen molar-refractivity contribution in [2.45, 2.75) is 32.0 Å². The number of aromatic nitrogens is 3. The maximum atomic E-state index is 9.52. The predicted octanol–water partition coefficient (Wildman–Crippen LogP) is 3.85. The van der Waals surface area contributed by atoms with Gasteiger partial charge in [0.25, 0.3) is 0 Å². The zero-order valence-electron chi connectivity index (χ0n) is 20.8. The molecule has 1 fully saturated rings. The second-order valence-corrected chi connectivity index (χ2v) is 9.58. The van der Waals surface area contributed by atoms with Gasteiger partial charge in [0.15, 0.2) is 0 Å². The van der Waals surface area contributed by atoms with Gasteiger partial charge in [-0.15, -0.1) is 0 Å². The number of likely N-dealkylation sites (tertiary alicyclic amines) is 1. The maximum Gasteiger partial charge on any atom is 0.204 e. The molecule has 0 unspecified atom stereocenters. The molecule has 1 aliphatic rings. The Balaban J connectivity index is 1.17. The van der Waals surface area contributed by atoms with Crippen LogP contribution in [0.4, 0.5) is 5.95 Å². The molecule has 0 saturated carbocycles. The number of hydrogen-bond donors (Lipinski definition) is 2. The highest BCUT2D eigenvalue weighted by Crippen LogP contribution is 2.23. The summed E-state index contributed by atoms with van der Waals surface area (Å²) in [5, 5.41) is 13.3. The number of nitrogens with one attached hydrogen (secondary N) is 1. The molecule has 4 aromatic rings. The monoisotopic (exact) mass is 484 g/mol. The smallest absolute Gasteiger partial charge is 0.204 e. The molecular weight excluding hydrogens is 448 g/mol. The molecule has 0 radical (unpaired) electrons. The van der Waals surface area contributed by atoms with Crippen molar-refractivity contribution in [3.8, 4) is 0 Å². The summed E-state index contributed by atoms with van der Waals surface area (Å²) in [6, 6.07) is 25.3. The van der Waals surface area contributed by atoms with Crippen molar-refractivity contribution in [1.29, 1.82) is 0 Å². The lowest BCUT2D eigenvalue weighted by Gasteiger charge is -2.34. The van der Waals surface area contributed by atoms with E-state index in [1.807, 2.05) is 30.5 Å². The summed E-state index contributed by atoms with van der Waals surface area (Å²) in [7, 11) is 0. The standard InChI is InChI=1S/C29H36N6O/c36-21-20-34(22-24-8-2-1-3-9-24)19-18-33-16-13-25(14-17-33)31-29-32-27-11-4-5-12-28(27)35(29)23-26-10-6-7-15-30-26/h1-12,15,25,36H,13-14,16-23H2,(H,31,32). The highest BCUT2D eigenvalue weighted by atomic mass is 16.3. The molecule has 7 heteroatoms. The molecule has 0 atom stereocenters. The minimum Gasteiger partial charge on any atom is -0.395 e. The molecule has 2 aromatic heterocycles. The number of rotatable bonds is 11. The summed E-state index contributed by atoms with van der Waals surface area (Å²) in [6.45, 7) is 6.60. The van der Waals surface area contributed by atoms with Crippen LogP contribution in [0.5, 0.6) is 0 Å². The second kappa shape index (κ2) is 12.1. The molecule has 0 amide bonds. The zero-order chi connectivity index (χ0) is 24.6. The normalized spacial score (nSPS) is 15.1. The first-order valence-electron chi connectivity index (χ1n) is 13.0. The largest absolute Gasteiger partial charge is 0.395 e. The Morgan fingerprint density at radius 3 is 2.47 bits per heavy atom. The van der Waals surface area contributed by atoms with Crippen LogP contribution in [-0.2, 0) is 13.1 Å². The van der Waals surface area contributed by atoms with Gasteiger partial charge in [0.1, 0.15) is 0 Å². The Bertz CT molecular complexity index is 1200. The highest BCUT2D eigenvalue weighted by Gasteiger charge is 2.22. The summed E-state index contributed by atoms with van der Waals surface area (Å²) < 4.78 is 2.25. The lowest BCUT2D eigenvalue weighted by molar-refractivity contribution is 0.150. The lowest BCUT2D eigenvalue weighted by Crippen LogP contribution is -2.43. The van der Waals surface area contributed by atoms with E-state index in [2.05, 4.69) is 73.2 Å². The molecule has 2 N–H and O–H groups in total. The minimum absolute atomic E-state index is 0.193. The number of fused-ring (bicyclic) bond motifs is 1. The van der Waals surface area contributed by atoms with Crippen LogP contribution in [0.15, 0.2) is 79.0 Å². The SMILES string of the molecule is OCCN(CCN1CCC(Nc2nc3ccccc3n2Cc2ccccn2)CC1)Cc1ccccc1. The number of piperidine rings is 1. The Labute approximate surface area is 213 Å². The van der Waals surface area contributed by atoms with Gasteiger partial charge >= 0.3 is 0 Å². The summed E-state index contributed by atoms with van der Waals surface area (Å²) in [5.41, 5.74) is 4.46. The summed E-state index contributed by atoms with van der Waals surface area (Å²) in [6.07, 6.45) is 4.02. The Morgan fingerprint density at radius 2 is 1.69 bits per heavy atom. The van der Waals surface area contributed by atoms with Gasteiger partial charge in [0.05, 0.1) is 29.9 Å². The van der Waals surface area contributed by atoms with Crippen LogP contribution < -0.4 is 5.32 Å². The molecule has 7 nitrogen and oxygen atoms in total. The van der Waals surface area contributed by atoms with Gasteiger partial charge in [-0.1, -0.05) is 48.5 Å². The lowest BCUT2D eigenvalue weighted by atomic mass is 10.1. The maximum absolute atomic E-state index is 9.52. The Hall–Kier alpha value is -3.26. The van der Waals surface area contributed by atoms with Crippen molar-refractivity contribution in [2.75, 3.05) is 44.6 Å².